The summed E-state index contributed by atoms with van der Waals surface area (Å²) in [5.74, 6) is 0.831. The third-order valence-electron chi connectivity index (χ3n) is 6.60. The summed E-state index contributed by atoms with van der Waals surface area (Å²) in [6, 6.07) is 9.77. The minimum Gasteiger partial charge on any atom is -0.378 e. The molecule has 0 radical (unpaired) electrons. The summed E-state index contributed by atoms with van der Waals surface area (Å²) in [5, 5.41) is 3.48. The topological polar surface area (TPSA) is 113 Å². The standard InChI is InChI=1S/C27H32N8O2/c1-33(2)9-10-35-8-7-19-15-23(20-16-29-27(28)30-17-20)32-26(25(19)24(35)18-36)31-21-3-5-22(6-4-21)34-11-13-37-14-12-34/h3-8,15-18,24H,9-14H2,1-2H3,(H,31,32)(H2,28,29,30). The number of nitrogens with two attached hydrogens (primary N) is 1. The second kappa shape index (κ2) is 10.9. The summed E-state index contributed by atoms with van der Waals surface area (Å²) in [7, 11) is 4.04. The van der Waals surface area contributed by atoms with Gasteiger partial charge in [0.2, 0.25) is 5.95 Å². The lowest BCUT2D eigenvalue weighted by Crippen LogP contribution is -2.36. The van der Waals surface area contributed by atoms with Crippen molar-refractivity contribution in [1.82, 2.24) is 24.8 Å². The van der Waals surface area contributed by atoms with E-state index in [-0.39, 0.29) is 5.95 Å². The van der Waals surface area contributed by atoms with Crippen LogP contribution in [0.15, 0.2) is 48.9 Å². The number of benzene rings is 1. The Morgan fingerprint density at radius 1 is 1.16 bits per heavy atom. The van der Waals surface area contributed by atoms with Crippen molar-refractivity contribution in [3.8, 4) is 11.3 Å². The number of hydrogen-bond donors (Lipinski definition) is 2. The van der Waals surface area contributed by atoms with Gasteiger partial charge in [0.15, 0.2) is 0 Å². The van der Waals surface area contributed by atoms with Crippen LogP contribution in [0, 0.1) is 0 Å². The van der Waals surface area contributed by atoms with Crippen LogP contribution in [-0.4, -0.2) is 84.5 Å². The van der Waals surface area contributed by atoms with E-state index < -0.39 is 6.04 Å². The van der Waals surface area contributed by atoms with Crippen LogP contribution in [0.5, 0.6) is 0 Å². The third-order valence-corrected chi connectivity index (χ3v) is 6.60. The Balaban J connectivity index is 1.51. The Kier molecular flexibility index (Phi) is 7.29. The number of aldehydes is 1. The zero-order valence-corrected chi connectivity index (χ0v) is 21.2. The Morgan fingerprint density at radius 3 is 2.57 bits per heavy atom. The summed E-state index contributed by atoms with van der Waals surface area (Å²) in [5.41, 5.74) is 10.9. The number of fused-ring (bicyclic) bond motifs is 1. The van der Waals surface area contributed by atoms with E-state index in [1.807, 2.05) is 44.6 Å². The number of carbonyl (C=O) groups is 1. The van der Waals surface area contributed by atoms with Gasteiger partial charge < -0.3 is 35.3 Å². The fourth-order valence-electron chi connectivity index (χ4n) is 4.56. The van der Waals surface area contributed by atoms with Crippen molar-refractivity contribution in [1.29, 1.82) is 0 Å². The third kappa shape index (κ3) is 5.55. The van der Waals surface area contributed by atoms with Gasteiger partial charge in [0.25, 0.3) is 0 Å². The van der Waals surface area contributed by atoms with Crippen LogP contribution in [0.2, 0.25) is 0 Å². The molecule has 10 nitrogen and oxygen atoms in total. The molecule has 3 aromatic rings. The number of nitrogens with zero attached hydrogens (tertiary/aromatic N) is 6. The average molecular weight is 501 g/mol. The molecule has 4 heterocycles. The molecule has 1 saturated heterocycles. The fraction of sp³-hybridized carbons (Fsp3) is 0.333. The minimum absolute atomic E-state index is 0.206. The smallest absolute Gasteiger partial charge is 0.219 e. The molecule has 0 amide bonds. The number of rotatable bonds is 8. The Hall–Kier alpha value is -4.02. The number of morpholine rings is 1. The van der Waals surface area contributed by atoms with Crippen molar-refractivity contribution in [2.24, 2.45) is 0 Å². The van der Waals surface area contributed by atoms with Gasteiger partial charge >= 0.3 is 0 Å². The van der Waals surface area contributed by atoms with Crippen LogP contribution in [0.25, 0.3) is 17.3 Å². The number of nitrogen functional groups attached to an aromatic ring is 1. The fourth-order valence-corrected chi connectivity index (χ4v) is 4.56. The van der Waals surface area contributed by atoms with Gasteiger partial charge in [0, 0.05) is 67.3 Å². The molecule has 5 rings (SSSR count). The van der Waals surface area contributed by atoms with E-state index in [0.717, 1.165) is 67.2 Å². The molecule has 2 aromatic heterocycles. The number of anilines is 4. The lowest BCUT2D eigenvalue weighted by molar-refractivity contribution is -0.111. The van der Waals surface area contributed by atoms with Gasteiger partial charge in [-0.05, 0) is 56.1 Å². The summed E-state index contributed by atoms with van der Waals surface area (Å²) >= 11 is 0. The first-order chi connectivity index (χ1) is 18.0. The highest BCUT2D eigenvalue weighted by Gasteiger charge is 2.28. The predicted octanol–water partition coefficient (Wildman–Crippen LogP) is 2.79. The number of hydrogen-bond acceptors (Lipinski definition) is 10. The molecule has 192 valence electrons. The largest absolute Gasteiger partial charge is 0.378 e. The van der Waals surface area contributed by atoms with Crippen molar-refractivity contribution in [3.05, 3.63) is 60.1 Å². The van der Waals surface area contributed by atoms with Crippen LogP contribution >= 0.6 is 0 Å². The van der Waals surface area contributed by atoms with Gasteiger partial charge in [-0.2, -0.15) is 0 Å². The van der Waals surface area contributed by atoms with E-state index in [4.69, 9.17) is 15.5 Å². The number of carbonyl (C=O) groups excluding carboxylic acids is 1. The lowest BCUT2D eigenvalue weighted by Gasteiger charge is -2.33. The molecule has 2 aliphatic rings. The van der Waals surface area contributed by atoms with Gasteiger partial charge in [0.1, 0.15) is 18.1 Å². The Labute approximate surface area is 216 Å². The zero-order valence-electron chi connectivity index (χ0n) is 21.2. The highest BCUT2D eigenvalue weighted by atomic mass is 16.5. The highest BCUT2D eigenvalue weighted by molar-refractivity contribution is 5.80. The molecule has 0 spiro atoms. The average Bonchev–Trinajstić information content (AvgIpc) is 2.92. The van der Waals surface area contributed by atoms with E-state index in [2.05, 4.69) is 42.1 Å². The first-order valence-electron chi connectivity index (χ1n) is 12.4. The number of likely N-dealkylation sites (N-methyl/N-ethyl adjacent to an activating group) is 1. The molecular formula is C27H32N8O2. The van der Waals surface area contributed by atoms with E-state index >= 15 is 0 Å². The van der Waals surface area contributed by atoms with Crippen molar-refractivity contribution >= 4 is 35.5 Å². The summed E-state index contributed by atoms with van der Waals surface area (Å²) in [4.78, 5) is 32.0. The first kappa shape index (κ1) is 24.7. The normalized spacial score (nSPS) is 17.1. The van der Waals surface area contributed by atoms with Gasteiger partial charge in [0.05, 0.1) is 18.9 Å². The van der Waals surface area contributed by atoms with Crippen LogP contribution in [0.1, 0.15) is 17.2 Å². The second-order valence-corrected chi connectivity index (χ2v) is 9.40. The molecule has 37 heavy (non-hydrogen) atoms. The van der Waals surface area contributed by atoms with Crippen molar-refractivity contribution in [3.63, 3.8) is 0 Å². The Morgan fingerprint density at radius 2 is 1.89 bits per heavy atom. The van der Waals surface area contributed by atoms with E-state index in [0.29, 0.717) is 18.1 Å². The van der Waals surface area contributed by atoms with Crippen molar-refractivity contribution in [2.75, 3.05) is 69.4 Å². The maximum atomic E-state index is 12.4. The maximum Gasteiger partial charge on any atom is 0.219 e. The SMILES string of the molecule is CN(C)CCN1C=Cc2cc(-c3cnc(N)nc3)nc(Nc3ccc(N4CCOCC4)cc3)c2C1C=O. The molecule has 10 heteroatoms. The highest BCUT2D eigenvalue weighted by Crippen LogP contribution is 2.37. The van der Waals surface area contributed by atoms with Crippen molar-refractivity contribution < 1.29 is 9.53 Å². The van der Waals surface area contributed by atoms with Crippen LogP contribution in [0.4, 0.5) is 23.1 Å². The summed E-state index contributed by atoms with van der Waals surface area (Å²) in [6.07, 6.45) is 8.31. The maximum absolute atomic E-state index is 12.4. The van der Waals surface area contributed by atoms with Gasteiger partial charge in [-0.3, -0.25) is 0 Å². The van der Waals surface area contributed by atoms with E-state index in [1.54, 1.807) is 12.4 Å². The number of aromatic nitrogens is 3. The molecule has 0 saturated carbocycles. The van der Waals surface area contributed by atoms with E-state index in [1.165, 1.54) is 0 Å². The van der Waals surface area contributed by atoms with Gasteiger partial charge in [-0.15, -0.1) is 0 Å². The Bertz CT molecular complexity index is 1250. The van der Waals surface area contributed by atoms with Crippen LogP contribution in [0.3, 0.4) is 0 Å². The van der Waals surface area contributed by atoms with E-state index in [9.17, 15) is 4.79 Å². The zero-order chi connectivity index (χ0) is 25.8. The summed E-state index contributed by atoms with van der Waals surface area (Å²) < 4.78 is 5.47. The van der Waals surface area contributed by atoms with Crippen LogP contribution < -0.4 is 16.0 Å². The molecule has 0 aliphatic carbocycles. The molecule has 1 atom stereocenters. The predicted molar refractivity (Wildman–Crippen MR) is 146 cm³/mol. The second-order valence-electron chi connectivity index (χ2n) is 9.40. The van der Waals surface area contributed by atoms with Crippen molar-refractivity contribution in [2.45, 2.75) is 6.04 Å². The van der Waals surface area contributed by atoms with Gasteiger partial charge in [-0.1, -0.05) is 0 Å². The quantitative estimate of drug-likeness (QED) is 0.448. The number of nitrogens with one attached hydrogen (secondary N) is 1. The monoisotopic (exact) mass is 500 g/mol. The molecule has 1 aromatic carbocycles. The van der Waals surface area contributed by atoms with Crippen LogP contribution in [-0.2, 0) is 9.53 Å². The number of pyridine rings is 1. The summed E-state index contributed by atoms with van der Waals surface area (Å²) in [6.45, 7) is 4.77. The molecule has 2 aliphatic heterocycles. The molecule has 0 bridgehead atoms. The van der Waals surface area contributed by atoms with Gasteiger partial charge in [-0.25, -0.2) is 15.0 Å². The minimum atomic E-state index is -0.459. The molecular weight excluding hydrogens is 468 g/mol. The lowest BCUT2D eigenvalue weighted by atomic mass is 9.95. The molecule has 3 N–H and O–H groups in total. The molecule has 1 unspecified atom stereocenters. The molecule has 1 fully saturated rings. The first-order valence-corrected chi connectivity index (χ1v) is 12.4. The number of ether oxygens (including phenoxy) is 1.